The van der Waals surface area contributed by atoms with Crippen molar-refractivity contribution in [1.82, 2.24) is 9.21 Å². The molecular weight excluding hydrogens is 476 g/mol. The van der Waals surface area contributed by atoms with Gasteiger partial charge in [-0.25, -0.2) is 17.2 Å². The zero-order chi connectivity index (χ0) is 24.6. The molecule has 3 aliphatic rings. The van der Waals surface area contributed by atoms with Crippen molar-refractivity contribution in [2.24, 2.45) is 0 Å². The van der Waals surface area contributed by atoms with Crippen LogP contribution in [0, 0.1) is 11.6 Å². The first-order valence-corrected chi connectivity index (χ1v) is 13.6. The monoisotopic (exact) mass is 505 g/mol. The molecule has 7 nitrogen and oxygen atoms in total. The van der Waals surface area contributed by atoms with Gasteiger partial charge in [-0.05, 0) is 42.7 Å². The number of fused-ring (bicyclic) bond motifs is 2. The molecule has 0 aromatic heterocycles. The summed E-state index contributed by atoms with van der Waals surface area (Å²) in [7, 11) is -3.39. The molecule has 188 valence electrons. The second-order valence-electron chi connectivity index (χ2n) is 9.48. The summed E-state index contributed by atoms with van der Waals surface area (Å²) in [5.41, 5.74) is 1.08. The molecule has 1 N–H and O–H groups in total. The lowest BCUT2D eigenvalue weighted by molar-refractivity contribution is -0.118. The van der Waals surface area contributed by atoms with E-state index < -0.39 is 21.7 Å². The largest absolute Gasteiger partial charge is 0.490 e. The summed E-state index contributed by atoms with van der Waals surface area (Å²) in [6.07, 6.45) is 4.38. The quantitative estimate of drug-likeness (QED) is 0.690. The first-order chi connectivity index (χ1) is 16.8. The smallest absolute Gasteiger partial charge is 0.238 e. The predicted molar refractivity (Wildman–Crippen MR) is 129 cm³/mol. The van der Waals surface area contributed by atoms with Crippen LogP contribution in [0.4, 0.5) is 14.5 Å². The number of carbonyl (C=O) groups is 1. The lowest BCUT2D eigenvalue weighted by atomic mass is 10.0. The summed E-state index contributed by atoms with van der Waals surface area (Å²) in [6, 6.07) is 7.98. The van der Waals surface area contributed by atoms with E-state index in [9.17, 15) is 22.0 Å². The highest BCUT2D eigenvalue weighted by Gasteiger charge is 2.39. The third-order valence-corrected chi connectivity index (χ3v) is 9.54. The number of rotatable bonds is 3. The van der Waals surface area contributed by atoms with Gasteiger partial charge in [0, 0.05) is 31.3 Å². The Labute approximate surface area is 204 Å². The van der Waals surface area contributed by atoms with Crippen molar-refractivity contribution in [2.75, 3.05) is 38.1 Å². The van der Waals surface area contributed by atoms with Gasteiger partial charge in [0.05, 0.1) is 23.5 Å². The molecule has 2 aliphatic heterocycles. The molecule has 1 atom stereocenters. The average Bonchev–Trinajstić information content (AvgIpc) is 2.90. The third-order valence-electron chi connectivity index (χ3n) is 7.17. The van der Waals surface area contributed by atoms with E-state index in [4.69, 9.17) is 4.74 Å². The van der Waals surface area contributed by atoms with E-state index in [1.54, 1.807) is 22.5 Å². The lowest BCUT2D eigenvalue weighted by Gasteiger charge is -2.41. The van der Waals surface area contributed by atoms with Crippen LogP contribution in [0.1, 0.15) is 32.1 Å². The summed E-state index contributed by atoms with van der Waals surface area (Å²) in [5.74, 6) is -1.21. The first kappa shape index (κ1) is 24.1. The van der Waals surface area contributed by atoms with Crippen LogP contribution in [-0.4, -0.2) is 67.6 Å². The van der Waals surface area contributed by atoms with Gasteiger partial charge in [-0.2, -0.15) is 4.31 Å². The number of halogens is 2. The van der Waals surface area contributed by atoms with Crippen LogP contribution in [0.2, 0.25) is 0 Å². The van der Waals surface area contributed by atoms with Gasteiger partial charge < -0.3 is 10.1 Å². The van der Waals surface area contributed by atoms with Gasteiger partial charge in [-0.15, -0.1) is 0 Å². The Bertz CT molecular complexity index is 1220. The maximum atomic E-state index is 14.3. The molecule has 0 bridgehead atoms. The maximum absolute atomic E-state index is 14.3. The number of nitrogens with one attached hydrogen (secondary N) is 1. The van der Waals surface area contributed by atoms with Gasteiger partial charge >= 0.3 is 0 Å². The van der Waals surface area contributed by atoms with E-state index in [1.165, 1.54) is 12.1 Å². The van der Waals surface area contributed by atoms with Crippen LogP contribution >= 0.6 is 0 Å². The standard InChI is InChI=1S/C25H29F2N3O4S/c26-18-7-8-21(22(27)13-18)17-6-9-24-23(12-17)28-25(31)15-29-10-11-30(14-19(29)16-34-24)35(32,33)20-4-2-1-3-5-20/h6-9,12-13,19-20H,1-5,10-11,14-16H2,(H,28,31)/t19-/m1/s1. The topological polar surface area (TPSA) is 79.0 Å². The van der Waals surface area contributed by atoms with Crippen molar-refractivity contribution in [3.63, 3.8) is 0 Å². The van der Waals surface area contributed by atoms with Crippen LogP contribution in [0.3, 0.4) is 0 Å². The van der Waals surface area contributed by atoms with Crippen LogP contribution < -0.4 is 10.1 Å². The highest BCUT2D eigenvalue weighted by atomic mass is 32.2. The molecule has 2 heterocycles. The number of benzene rings is 2. The molecule has 2 aromatic carbocycles. The molecule has 2 fully saturated rings. The highest BCUT2D eigenvalue weighted by Crippen LogP contribution is 2.34. The average molecular weight is 506 g/mol. The maximum Gasteiger partial charge on any atom is 0.238 e. The summed E-state index contributed by atoms with van der Waals surface area (Å²) in [5, 5.41) is 2.51. The summed E-state index contributed by atoms with van der Waals surface area (Å²) in [6.45, 7) is 1.38. The Morgan fingerprint density at radius 3 is 2.57 bits per heavy atom. The SMILES string of the molecule is O=C1CN2CCN(S(=O)(=O)C3CCCCC3)C[C@@H]2COc2ccc(-c3ccc(F)cc3F)cc2N1. The zero-order valence-electron chi connectivity index (χ0n) is 19.4. The van der Waals surface area contributed by atoms with Crippen molar-refractivity contribution in [2.45, 2.75) is 43.4 Å². The number of carbonyl (C=O) groups excluding carboxylic acids is 1. The molecule has 2 aromatic rings. The Balaban J connectivity index is 1.36. The van der Waals surface area contributed by atoms with Crippen molar-refractivity contribution in [3.05, 3.63) is 48.0 Å². The fourth-order valence-electron chi connectivity index (χ4n) is 5.24. The summed E-state index contributed by atoms with van der Waals surface area (Å²) in [4.78, 5) is 14.8. The number of ether oxygens (including phenoxy) is 1. The molecule has 1 saturated heterocycles. The van der Waals surface area contributed by atoms with Crippen LogP contribution in [0.5, 0.6) is 5.75 Å². The molecule has 0 radical (unpaired) electrons. The number of hydrogen-bond acceptors (Lipinski definition) is 5. The fraction of sp³-hybridized carbons (Fsp3) is 0.480. The van der Waals surface area contributed by atoms with Crippen LogP contribution in [-0.2, 0) is 14.8 Å². The molecule has 1 aliphatic carbocycles. The van der Waals surface area contributed by atoms with Crippen LogP contribution in [0.15, 0.2) is 36.4 Å². The number of amides is 1. The molecule has 1 amide bonds. The fourth-order valence-corrected chi connectivity index (χ4v) is 7.31. The summed E-state index contributed by atoms with van der Waals surface area (Å²) >= 11 is 0. The Morgan fingerprint density at radius 1 is 1.00 bits per heavy atom. The number of piperazine rings is 1. The van der Waals surface area contributed by atoms with Crippen molar-refractivity contribution < 1.29 is 26.7 Å². The number of sulfonamides is 1. The highest BCUT2D eigenvalue weighted by molar-refractivity contribution is 7.89. The molecule has 0 spiro atoms. The van der Waals surface area contributed by atoms with E-state index in [-0.39, 0.29) is 42.5 Å². The van der Waals surface area contributed by atoms with Crippen molar-refractivity contribution >= 4 is 21.6 Å². The van der Waals surface area contributed by atoms with Gasteiger partial charge in [0.1, 0.15) is 24.0 Å². The van der Waals surface area contributed by atoms with E-state index in [0.29, 0.717) is 42.9 Å². The van der Waals surface area contributed by atoms with E-state index >= 15 is 0 Å². The number of hydrogen-bond donors (Lipinski definition) is 1. The van der Waals surface area contributed by atoms with Gasteiger partial charge in [-0.3, -0.25) is 9.69 Å². The number of nitrogens with zero attached hydrogens (tertiary/aromatic N) is 2. The normalized spacial score (nSPS) is 22.7. The molecule has 35 heavy (non-hydrogen) atoms. The molecule has 1 saturated carbocycles. The molecule has 5 rings (SSSR count). The molecule has 0 unspecified atom stereocenters. The van der Waals surface area contributed by atoms with Crippen molar-refractivity contribution in [3.8, 4) is 16.9 Å². The zero-order valence-corrected chi connectivity index (χ0v) is 20.2. The second-order valence-corrected chi connectivity index (χ2v) is 11.7. The second kappa shape index (κ2) is 9.83. The van der Waals surface area contributed by atoms with Gasteiger partial charge in [0.25, 0.3) is 0 Å². The van der Waals surface area contributed by atoms with Crippen LogP contribution in [0.25, 0.3) is 11.1 Å². The van der Waals surface area contributed by atoms with Gasteiger partial charge in [-0.1, -0.05) is 25.3 Å². The number of anilines is 1. The molecule has 10 heteroatoms. The van der Waals surface area contributed by atoms with Gasteiger partial charge in [0.2, 0.25) is 15.9 Å². The van der Waals surface area contributed by atoms with Crippen molar-refractivity contribution in [1.29, 1.82) is 0 Å². The predicted octanol–water partition coefficient (Wildman–Crippen LogP) is 3.61. The Kier molecular flexibility index (Phi) is 6.78. The van der Waals surface area contributed by atoms with E-state index in [2.05, 4.69) is 5.32 Å². The minimum absolute atomic E-state index is 0.0971. The minimum Gasteiger partial charge on any atom is -0.490 e. The Hall–Kier alpha value is -2.56. The lowest BCUT2D eigenvalue weighted by Crippen LogP contribution is -2.59. The van der Waals surface area contributed by atoms with Gasteiger partial charge in [0.15, 0.2) is 0 Å². The third kappa shape index (κ3) is 5.05. The van der Waals surface area contributed by atoms with E-state index in [0.717, 1.165) is 25.3 Å². The molecular formula is C25H29F2N3O4S. The first-order valence-electron chi connectivity index (χ1n) is 12.1. The van der Waals surface area contributed by atoms with E-state index in [1.807, 2.05) is 4.90 Å². The summed E-state index contributed by atoms with van der Waals surface area (Å²) < 4.78 is 61.7. The minimum atomic E-state index is -3.39. The Morgan fingerprint density at radius 2 is 1.80 bits per heavy atom.